The predicted octanol–water partition coefficient (Wildman–Crippen LogP) is 7.13. The molecule has 1 aromatic carbocycles. The summed E-state index contributed by atoms with van der Waals surface area (Å²) >= 11 is 0. The topological polar surface area (TPSA) is 122 Å². The van der Waals surface area contributed by atoms with Gasteiger partial charge in [0.1, 0.15) is 19.3 Å². The van der Waals surface area contributed by atoms with Crippen molar-refractivity contribution in [1.29, 1.82) is 0 Å². The first-order valence-electron chi connectivity index (χ1n) is 19.2. The molecule has 5 aliphatic rings. The Bertz CT molecular complexity index is 1500. The van der Waals surface area contributed by atoms with Crippen molar-refractivity contribution in [1.82, 2.24) is 5.32 Å². The molecule has 0 bridgehead atoms. The number of hydrogen-bond acceptors (Lipinski definition) is 7. The van der Waals surface area contributed by atoms with Gasteiger partial charge in [0.15, 0.2) is 5.78 Å². The molecular weight excluding hydrogens is 630 g/mol. The number of hydrogen-bond donors (Lipinski definition) is 3. The fourth-order valence-corrected chi connectivity index (χ4v) is 12.8. The molecular formula is C42H61NO7. The number of aliphatic hydroxyl groups excluding tert-OH is 1. The molecule has 5 aliphatic carbocycles. The lowest BCUT2D eigenvalue weighted by atomic mass is 9.33. The van der Waals surface area contributed by atoms with Crippen LogP contribution in [0.1, 0.15) is 112 Å². The lowest BCUT2D eigenvalue weighted by Gasteiger charge is -2.72. The standard InChI is InChI=1S/C42H61NO7/c1-26(2)36-29(44)21-42(32(45)23-43-22-27-11-9-8-10-12-27)20-19-40(6)28(37(36)42)13-14-31-39(5)17-16-33(50-35(48)25-49-24-34(46)47)38(3,4)30(39)15-18-41(31,40)7/h8-12,26,28,30-33,43,45H,13-25H2,1-7H3,(H,46,47)/t28-,30+,31-,32+,33+,39+,40-,41-,42+/m1/s1. The van der Waals surface area contributed by atoms with Gasteiger partial charge in [0.25, 0.3) is 0 Å². The Hall–Kier alpha value is -2.55. The van der Waals surface area contributed by atoms with Gasteiger partial charge in [0.05, 0.1) is 6.10 Å². The van der Waals surface area contributed by atoms with Crippen LogP contribution in [0.4, 0.5) is 0 Å². The van der Waals surface area contributed by atoms with Crippen LogP contribution in [-0.2, 0) is 30.4 Å². The summed E-state index contributed by atoms with van der Waals surface area (Å²) in [6, 6.07) is 10.3. The van der Waals surface area contributed by atoms with Crippen molar-refractivity contribution in [2.24, 2.45) is 50.7 Å². The molecule has 0 radical (unpaired) electrons. The van der Waals surface area contributed by atoms with Crippen LogP contribution >= 0.6 is 0 Å². The third-order valence-corrected chi connectivity index (χ3v) is 15.3. The van der Waals surface area contributed by atoms with Gasteiger partial charge in [-0.05, 0) is 102 Å². The van der Waals surface area contributed by atoms with E-state index in [4.69, 9.17) is 14.6 Å². The highest BCUT2D eigenvalue weighted by molar-refractivity contribution is 6.00. The zero-order chi connectivity index (χ0) is 36.3. The van der Waals surface area contributed by atoms with Crippen molar-refractivity contribution in [3.8, 4) is 0 Å². The number of ketones is 1. The lowest BCUT2D eigenvalue weighted by Crippen LogP contribution is -2.66. The van der Waals surface area contributed by atoms with E-state index in [2.05, 4.69) is 65.9 Å². The van der Waals surface area contributed by atoms with Crippen LogP contribution in [0.2, 0.25) is 0 Å². The highest BCUT2D eigenvalue weighted by atomic mass is 16.6. The number of carbonyl (C=O) groups excluding carboxylic acids is 2. The SMILES string of the molecule is CC(C)C1=C2[C@H]3CC[C@@H]4[C@@]5(C)CC[C@H](OC(=O)COCC(=O)O)C(C)(C)[C@@H]5CC[C@@]4(C)[C@]3(C)CC[C@@]2([C@@H](O)CNCc2ccccc2)CC1=O. The molecule has 8 nitrogen and oxygen atoms in total. The first kappa shape index (κ1) is 37.2. The Kier molecular flexibility index (Phi) is 10.0. The molecule has 6 rings (SSSR count). The van der Waals surface area contributed by atoms with Crippen LogP contribution in [0.25, 0.3) is 0 Å². The molecule has 0 saturated heterocycles. The Labute approximate surface area is 299 Å². The van der Waals surface area contributed by atoms with Crippen LogP contribution in [0.5, 0.6) is 0 Å². The summed E-state index contributed by atoms with van der Waals surface area (Å²) in [7, 11) is 0. The van der Waals surface area contributed by atoms with E-state index >= 15 is 0 Å². The predicted molar refractivity (Wildman–Crippen MR) is 192 cm³/mol. The highest BCUT2D eigenvalue weighted by Crippen LogP contribution is 2.77. The van der Waals surface area contributed by atoms with Crippen molar-refractivity contribution in [3.63, 3.8) is 0 Å². The second-order valence-electron chi connectivity index (χ2n) is 18.2. The molecule has 3 N–H and O–H groups in total. The van der Waals surface area contributed by atoms with Crippen LogP contribution in [0.15, 0.2) is 41.5 Å². The summed E-state index contributed by atoms with van der Waals surface area (Å²) in [6.45, 7) is 16.7. The van der Waals surface area contributed by atoms with Crippen LogP contribution in [0, 0.1) is 50.7 Å². The summed E-state index contributed by atoms with van der Waals surface area (Å²) in [5, 5.41) is 24.5. The van der Waals surface area contributed by atoms with Crippen molar-refractivity contribution in [3.05, 3.63) is 47.0 Å². The monoisotopic (exact) mass is 691 g/mol. The minimum atomic E-state index is -1.10. The number of allylic oxidation sites excluding steroid dienone is 1. The quantitative estimate of drug-likeness (QED) is 0.210. The molecule has 0 aliphatic heterocycles. The molecule has 4 saturated carbocycles. The number of carbonyl (C=O) groups is 3. The van der Waals surface area contributed by atoms with Gasteiger partial charge in [-0.15, -0.1) is 0 Å². The van der Waals surface area contributed by atoms with Crippen molar-refractivity contribution in [2.45, 2.75) is 125 Å². The van der Waals surface area contributed by atoms with Gasteiger partial charge < -0.3 is 25.0 Å². The van der Waals surface area contributed by atoms with Crippen molar-refractivity contribution in [2.75, 3.05) is 19.8 Å². The first-order valence-corrected chi connectivity index (χ1v) is 19.2. The van der Waals surface area contributed by atoms with Gasteiger partial charge in [0, 0.05) is 30.3 Å². The number of rotatable bonds is 11. The number of aliphatic hydroxyl groups is 1. The summed E-state index contributed by atoms with van der Waals surface area (Å²) in [4.78, 5) is 37.5. The molecule has 276 valence electrons. The number of carboxylic acids is 1. The Morgan fingerprint density at radius 1 is 0.900 bits per heavy atom. The number of Topliss-reactive ketones (excluding diaryl/α,β-unsaturated/α-hetero) is 1. The number of nitrogens with one attached hydrogen (secondary N) is 1. The van der Waals surface area contributed by atoms with Gasteiger partial charge in [-0.25, -0.2) is 9.59 Å². The summed E-state index contributed by atoms with van der Waals surface area (Å²) in [6.07, 6.45) is 7.41. The number of benzene rings is 1. The summed E-state index contributed by atoms with van der Waals surface area (Å²) in [5.74, 6) is -0.0994. The number of esters is 1. The molecule has 50 heavy (non-hydrogen) atoms. The van der Waals surface area contributed by atoms with E-state index in [1.54, 1.807) is 0 Å². The van der Waals surface area contributed by atoms with E-state index in [1.165, 1.54) is 11.1 Å². The normalized spacial score (nSPS) is 38.1. The van der Waals surface area contributed by atoms with E-state index in [-0.39, 0.29) is 52.0 Å². The average molecular weight is 692 g/mol. The van der Waals surface area contributed by atoms with Crippen LogP contribution < -0.4 is 5.32 Å². The highest BCUT2D eigenvalue weighted by Gasteiger charge is 2.70. The Morgan fingerprint density at radius 2 is 1.62 bits per heavy atom. The van der Waals surface area contributed by atoms with E-state index < -0.39 is 30.1 Å². The third-order valence-electron chi connectivity index (χ3n) is 15.3. The number of carboxylic acid groups (broad SMARTS) is 1. The molecule has 0 spiro atoms. The minimum absolute atomic E-state index is 0.000383. The second-order valence-corrected chi connectivity index (χ2v) is 18.2. The zero-order valence-electron chi connectivity index (χ0n) is 31.5. The summed E-state index contributed by atoms with van der Waals surface area (Å²) < 4.78 is 11.0. The first-order chi connectivity index (χ1) is 23.5. The lowest BCUT2D eigenvalue weighted by molar-refractivity contribution is -0.235. The van der Waals surface area contributed by atoms with Crippen LogP contribution in [0.3, 0.4) is 0 Å². The van der Waals surface area contributed by atoms with Gasteiger partial charge >= 0.3 is 11.9 Å². The van der Waals surface area contributed by atoms with E-state index in [0.717, 1.165) is 56.9 Å². The third kappa shape index (κ3) is 5.89. The minimum Gasteiger partial charge on any atom is -0.480 e. The smallest absolute Gasteiger partial charge is 0.332 e. The van der Waals surface area contributed by atoms with Gasteiger partial charge in [-0.1, -0.05) is 84.4 Å². The fourth-order valence-electron chi connectivity index (χ4n) is 12.8. The molecule has 4 fully saturated rings. The van der Waals surface area contributed by atoms with Crippen LogP contribution in [-0.4, -0.2) is 59.9 Å². The van der Waals surface area contributed by atoms with E-state index in [1.807, 2.05) is 18.2 Å². The largest absolute Gasteiger partial charge is 0.480 e. The molecule has 0 aromatic heterocycles. The molecule has 0 heterocycles. The number of ether oxygens (including phenoxy) is 2. The number of fused-ring (bicyclic) bond motifs is 7. The fraction of sp³-hybridized carbons (Fsp3) is 0.738. The zero-order valence-corrected chi connectivity index (χ0v) is 31.5. The maximum Gasteiger partial charge on any atom is 0.332 e. The maximum absolute atomic E-state index is 14.0. The molecule has 8 heteroatoms. The second kappa shape index (κ2) is 13.5. The molecule has 1 aromatic rings. The Morgan fingerprint density at radius 3 is 2.30 bits per heavy atom. The van der Waals surface area contributed by atoms with Gasteiger partial charge in [-0.2, -0.15) is 0 Å². The number of aliphatic carboxylic acids is 1. The van der Waals surface area contributed by atoms with Gasteiger partial charge in [0.2, 0.25) is 0 Å². The van der Waals surface area contributed by atoms with E-state index in [9.17, 15) is 19.5 Å². The Balaban J connectivity index is 1.25. The maximum atomic E-state index is 14.0. The average Bonchev–Trinajstić information content (AvgIpc) is 3.36. The van der Waals surface area contributed by atoms with E-state index in [0.29, 0.717) is 31.3 Å². The molecule has 9 atom stereocenters. The van der Waals surface area contributed by atoms with Crippen molar-refractivity contribution < 1.29 is 34.1 Å². The van der Waals surface area contributed by atoms with Gasteiger partial charge in [-0.3, -0.25) is 4.79 Å². The molecule has 0 unspecified atom stereocenters. The summed E-state index contributed by atoms with van der Waals surface area (Å²) in [5.41, 5.74) is 2.88. The molecule has 0 amide bonds. The van der Waals surface area contributed by atoms with Crippen molar-refractivity contribution >= 4 is 17.7 Å².